The molecule has 1 unspecified atom stereocenters. The first-order valence-electron chi connectivity index (χ1n) is 8.08. The Morgan fingerprint density at radius 3 is 2.05 bits per heavy atom. The van der Waals surface area contributed by atoms with Crippen molar-refractivity contribution in [1.29, 1.82) is 0 Å². The third-order valence-corrected chi connectivity index (χ3v) is 4.50. The van der Waals surface area contributed by atoms with Crippen LogP contribution in [-0.4, -0.2) is 11.1 Å². The first-order valence-corrected chi connectivity index (χ1v) is 8.08. The van der Waals surface area contributed by atoms with Gasteiger partial charge < -0.3 is 5.11 Å². The maximum atomic E-state index is 11.8. The summed E-state index contributed by atoms with van der Waals surface area (Å²) in [6, 6.07) is 8.47. The molecule has 0 aromatic heterocycles. The Kier molecular flexibility index (Phi) is 6.00. The van der Waals surface area contributed by atoms with Gasteiger partial charge in [-0.1, -0.05) is 71.7 Å². The summed E-state index contributed by atoms with van der Waals surface area (Å²) in [5, 5.41) is 9.70. The number of carbonyl (C=O) groups is 1. The summed E-state index contributed by atoms with van der Waals surface area (Å²) in [6.45, 7) is 10.7. The smallest absolute Gasteiger partial charge is 0.309 e. The Bertz CT molecular complexity index is 453. The Morgan fingerprint density at radius 2 is 1.67 bits per heavy atom. The van der Waals surface area contributed by atoms with E-state index >= 15 is 0 Å². The van der Waals surface area contributed by atoms with E-state index in [0.717, 1.165) is 24.8 Å². The molecule has 1 atom stereocenters. The van der Waals surface area contributed by atoms with E-state index in [0.29, 0.717) is 12.8 Å². The molecule has 0 saturated carbocycles. The second kappa shape index (κ2) is 7.11. The van der Waals surface area contributed by atoms with Crippen LogP contribution in [0.2, 0.25) is 0 Å². The highest BCUT2D eigenvalue weighted by atomic mass is 16.4. The zero-order valence-electron chi connectivity index (χ0n) is 14.2. The molecular weight excluding hydrogens is 260 g/mol. The lowest BCUT2D eigenvalue weighted by molar-refractivity contribution is -0.149. The van der Waals surface area contributed by atoms with Gasteiger partial charge in [0.25, 0.3) is 0 Å². The van der Waals surface area contributed by atoms with Crippen molar-refractivity contribution in [2.75, 3.05) is 0 Å². The summed E-state index contributed by atoms with van der Waals surface area (Å²) < 4.78 is 0. The van der Waals surface area contributed by atoms with E-state index in [2.05, 4.69) is 52.0 Å². The molecule has 21 heavy (non-hydrogen) atoms. The fourth-order valence-corrected chi connectivity index (χ4v) is 2.75. The second-order valence-corrected chi connectivity index (χ2v) is 7.17. The molecule has 0 bridgehead atoms. The third-order valence-electron chi connectivity index (χ3n) is 4.50. The van der Waals surface area contributed by atoms with E-state index < -0.39 is 11.4 Å². The maximum Gasteiger partial charge on any atom is 0.309 e. The van der Waals surface area contributed by atoms with Gasteiger partial charge in [0.05, 0.1) is 5.41 Å². The summed E-state index contributed by atoms with van der Waals surface area (Å²) in [5.74, 6) is -0.654. The zero-order valence-corrected chi connectivity index (χ0v) is 14.2. The highest BCUT2D eigenvalue weighted by molar-refractivity contribution is 5.75. The van der Waals surface area contributed by atoms with Crippen LogP contribution in [0.3, 0.4) is 0 Å². The standard InChI is InChI=1S/C19H30O2/c1-6-8-13-19(7-2,17(20)21)14-15-9-11-16(12-10-15)18(3,4)5/h9-12H,6-8,13-14H2,1-5H3,(H,20,21). The van der Waals surface area contributed by atoms with Crippen LogP contribution in [0.4, 0.5) is 0 Å². The molecule has 0 aliphatic carbocycles. The molecule has 1 aromatic carbocycles. The van der Waals surface area contributed by atoms with E-state index in [9.17, 15) is 9.90 Å². The van der Waals surface area contributed by atoms with Crippen LogP contribution in [0.25, 0.3) is 0 Å². The number of hydrogen-bond donors (Lipinski definition) is 1. The van der Waals surface area contributed by atoms with Crippen molar-refractivity contribution in [3.8, 4) is 0 Å². The van der Waals surface area contributed by atoms with Gasteiger partial charge in [0.2, 0.25) is 0 Å². The highest BCUT2D eigenvalue weighted by Gasteiger charge is 2.36. The minimum Gasteiger partial charge on any atom is -0.481 e. The van der Waals surface area contributed by atoms with Crippen molar-refractivity contribution >= 4 is 5.97 Å². The lowest BCUT2D eigenvalue weighted by Gasteiger charge is -2.28. The SMILES string of the molecule is CCCCC(CC)(Cc1ccc(C(C)(C)C)cc1)C(=O)O. The zero-order chi connectivity index (χ0) is 16.1. The molecule has 0 aliphatic heterocycles. The average molecular weight is 290 g/mol. The fraction of sp³-hybridized carbons (Fsp3) is 0.632. The molecule has 1 rings (SSSR count). The fourth-order valence-electron chi connectivity index (χ4n) is 2.75. The van der Waals surface area contributed by atoms with Crippen LogP contribution in [0, 0.1) is 5.41 Å². The molecule has 0 fully saturated rings. The van der Waals surface area contributed by atoms with Crippen LogP contribution in [0.15, 0.2) is 24.3 Å². The Balaban J connectivity index is 2.96. The summed E-state index contributed by atoms with van der Waals surface area (Å²) in [7, 11) is 0. The minimum atomic E-state index is -0.654. The quantitative estimate of drug-likeness (QED) is 0.749. The monoisotopic (exact) mass is 290 g/mol. The first kappa shape index (κ1) is 17.7. The average Bonchev–Trinajstić information content (AvgIpc) is 2.42. The van der Waals surface area contributed by atoms with E-state index in [4.69, 9.17) is 0 Å². The van der Waals surface area contributed by atoms with Gasteiger partial charge in [-0.25, -0.2) is 0 Å². The van der Waals surface area contributed by atoms with Crippen LogP contribution in [0.5, 0.6) is 0 Å². The molecule has 0 amide bonds. The van der Waals surface area contributed by atoms with Crippen LogP contribution < -0.4 is 0 Å². The van der Waals surface area contributed by atoms with E-state index in [1.165, 1.54) is 5.56 Å². The van der Waals surface area contributed by atoms with Crippen LogP contribution in [0.1, 0.15) is 71.4 Å². The largest absolute Gasteiger partial charge is 0.481 e. The number of carboxylic acid groups (broad SMARTS) is 1. The molecule has 0 spiro atoms. The predicted octanol–water partition coefficient (Wildman–Crippen LogP) is 5.20. The maximum absolute atomic E-state index is 11.8. The number of unbranched alkanes of at least 4 members (excludes halogenated alkanes) is 1. The molecular formula is C19H30O2. The van der Waals surface area contributed by atoms with Gasteiger partial charge in [-0.05, 0) is 35.8 Å². The number of rotatable bonds is 7. The van der Waals surface area contributed by atoms with Crippen molar-refractivity contribution in [2.45, 2.75) is 72.1 Å². The second-order valence-electron chi connectivity index (χ2n) is 7.17. The Labute approximate surface area is 129 Å². The third kappa shape index (κ3) is 4.59. The molecule has 1 N–H and O–H groups in total. The molecule has 2 nitrogen and oxygen atoms in total. The molecule has 0 saturated heterocycles. The number of benzene rings is 1. The van der Waals surface area contributed by atoms with Gasteiger partial charge in [0.1, 0.15) is 0 Å². The van der Waals surface area contributed by atoms with Crippen LogP contribution >= 0.6 is 0 Å². The summed E-state index contributed by atoms with van der Waals surface area (Å²) >= 11 is 0. The first-order chi connectivity index (χ1) is 9.75. The number of hydrogen-bond acceptors (Lipinski definition) is 1. The van der Waals surface area contributed by atoms with Crippen molar-refractivity contribution < 1.29 is 9.90 Å². The molecule has 0 radical (unpaired) electrons. The van der Waals surface area contributed by atoms with Crippen LogP contribution in [-0.2, 0) is 16.6 Å². The lowest BCUT2D eigenvalue weighted by Crippen LogP contribution is -2.32. The van der Waals surface area contributed by atoms with Crippen molar-refractivity contribution in [3.05, 3.63) is 35.4 Å². The lowest BCUT2D eigenvalue weighted by atomic mass is 9.75. The van der Waals surface area contributed by atoms with E-state index in [-0.39, 0.29) is 5.41 Å². The van der Waals surface area contributed by atoms with Gasteiger partial charge in [-0.2, -0.15) is 0 Å². The van der Waals surface area contributed by atoms with E-state index in [1.54, 1.807) is 0 Å². The molecule has 0 heterocycles. The Morgan fingerprint density at radius 1 is 1.10 bits per heavy atom. The van der Waals surface area contributed by atoms with Gasteiger partial charge in [0.15, 0.2) is 0 Å². The topological polar surface area (TPSA) is 37.3 Å². The molecule has 0 aliphatic rings. The normalized spacial score (nSPS) is 14.7. The van der Waals surface area contributed by atoms with Gasteiger partial charge in [-0.3, -0.25) is 4.79 Å². The molecule has 2 heteroatoms. The predicted molar refractivity (Wildman–Crippen MR) is 88.7 cm³/mol. The summed E-state index contributed by atoms with van der Waals surface area (Å²) in [5.41, 5.74) is 1.94. The number of carboxylic acids is 1. The molecule has 118 valence electrons. The van der Waals surface area contributed by atoms with Crippen molar-refractivity contribution in [3.63, 3.8) is 0 Å². The van der Waals surface area contributed by atoms with E-state index in [1.807, 2.05) is 6.92 Å². The van der Waals surface area contributed by atoms with Crippen molar-refractivity contribution in [1.82, 2.24) is 0 Å². The van der Waals surface area contributed by atoms with Crippen molar-refractivity contribution in [2.24, 2.45) is 5.41 Å². The summed E-state index contributed by atoms with van der Waals surface area (Å²) in [4.78, 5) is 11.8. The summed E-state index contributed by atoms with van der Waals surface area (Å²) in [6.07, 6.45) is 4.08. The minimum absolute atomic E-state index is 0.134. The number of aliphatic carboxylic acids is 1. The highest BCUT2D eigenvalue weighted by Crippen LogP contribution is 2.34. The van der Waals surface area contributed by atoms with Gasteiger partial charge >= 0.3 is 5.97 Å². The Hall–Kier alpha value is -1.31. The molecule has 1 aromatic rings. The van der Waals surface area contributed by atoms with Gasteiger partial charge in [0, 0.05) is 0 Å². The van der Waals surface area contributed by atoms with Gasteiger partial charge in [-0.15, -0.1) is 0 Å².